The first kappa shape index (κ1) is 9.83. The molecule has 0 amide bonds. The number of pyridine rings is 2. The molecular weight excluding hydrogens is 191 g/mol. The largest absolute Gasteiger partial charge is 0.490 e. The molecule has 0 radical (unpaired) electrons. The third-order valence-electron chi connectivity index (χ3n) is 2.07. The smallest absolute Gasteiger partial charge is 0.423 e. The predicted octanol–water partition coefficient (Wildman–Crippen LogP) is -0.177. The molecule has 0 aliphatic rings. The summed E-state index contributed by atoms with van der Waals surface area (Å²) >= 11 is 0. The van der Waals surface area contributed by atoms with Crippen molar-refractivity contribution in [3.05, 3.63) is 43.0 Å². The minimum Gasteiger partial charge on any atom is -0.423 e. The fourth-order valence-corrected chi connectivity index (χ4v) is 1.30. The van der Waals surface area contributed by atoms with E-state index in [4.69, 9.17) is 10.0 Å². The lowest BCUT2D eigenvalue weighted by molar-refractivity contribution is 0.425. The van der Waals surface area contributed by atoms with Gasteiger partial charge < -0.3 is 10.0 Å². The molecule has 2 N–H and O–H groups in total. The second-order valence-corrected chi connectivity index (χ2v) is 3.12. The highest BCUT2D eigenvalue weighted by molar-refractivity contribution is 6.58. The van der Waals surface area contributed by atoms with Crippen molar-refractivity contribution in [3.8, 4) is 11.1 Å². The molecule has 2 rings (SSSR count). The van der Waals surface area contributed by atoms with Gasteiger partial charge in [0.05, 0.1) is 0 Å². The van der Waals surface area contributed by atoms with Gasteiger partial charge >= 0.3 is 7.12 Å². The first-order valence-corrected chi connectivity index (χ1v) is 4.49. The minimum atomic E-state index is -1.49. The standard InChI is InChI=1S/C10H9BN2O2/c14-11(15)10-5-9(6-13-7-10)8-1-3-12-4-2-8/h1-7,14-15H. The zero-order chi connectivity index (χ0) is 10.7. The second-order valence-electron chi connectivity index (χ2n) is 3.12. The number of hydrogen-bond donors (Lipinski definition) is 2. The van der Waals surface area contributed by atoms with Gasteiger partial charge in [-0.3, -0.25) is 9.97 Å². The monoisotopic (exact) mass is 200 g/mol. The lowest BCUT2D eigenvalue weighted by atomic mass is 9.80. The zero-order valence-corrected chi connectivity index (χ0v) is 7.91. The summed E-state index contributed by atoms with van der Waals surface area (Å²) < 4.78 is 0. The summed E-state index contributed by atoms with van der Waals surface area (Å²) in [7, 11) is -1.49. The molecule has 0 saturated carbocycles. The molecule has 5 heteroatoms. The minimum absolute atomic E-state index is 0.379. The van der Waals surface area contributed by atoms with E-state index in [1.54, 1.807) is 24.7 Å². The quantitative estimate of drug-likeness (QED) is 0.660. The van der Waals surface area contributed by atoms with Crippen LogP contribution in [0.25, 0.3) is 11.1 Å². The number of nitrogens with zero attached hydrogens (tertiary/aromatic N) is 2. The van der Waals surface area contributed by atoms with Crippen molar-refractivity contribution in [3.63, 3.8) is 0 Å². The van der Waals surface area contributed by atoms with E-state index in [2.05, 4.69) is 9.97 Å². The molecule has 0 unspecified atom stereocenters. The molecule has 2 aromatic rings. The lowest BCUT2D eigenvalue weighted by Crippen LogP contribution is -2.30. The molecule has 4 nitrogen and oxygen atoms in total. The van der Waals surface area contributed by atoms with E-state index < -0.39 is 7.12 Å². The molecule has 0 aromatic carbocycles. The van der Waals surface area contributed by atoms with Gasteiger partial charge in [-0.25, -0.2) is 0 Å². The first-order valence-electron chi connectivity index (χ1n) is 4.49. The first-order chi connectivity index (χ1) is 7.27. The Morgan fingerprint density at radius 2 is 1.67 bits per heavy atom. The molecule has 2 heterocycles. The van der Waals surface area contributed by atoms with E-state index in [1.165, 1.54) is 6.20 Å². The molecule has 15 heavy (non-hydrogen) atoms. The molecule has 0 fully saturated rings. The molecule has 0 spiro atoms. The van der Waals surface area contributed by atoms with Crippen molar-refractivity contribution in [1.29, 1.82) is 0 Å². The Balaban J connectivity index is 2.42. The number of aromatic nitrogens is 2. The van der Waals surface area contributed by atoms with Gasteiger partial charge in [0.15, 0.2) is 0 Å². The summed E-state index contributed by atoms with van der Waals surface area (Å²) in [4.78, 5) is 7.85. The van der Waals surface area contributed by atoms with Crippen molar-refractivity contribution in [2.45, 2.75) is 0 Å². The Kier molecular flexibility index (Phi) is 2.76. The Bertz CT molecular complexity index is 448. The maximum atomic E-state index is 9.00. The van der Waals surface area contributed by atoms with Crippen LogP contribution in [-0.2, 0) is 0 Å². The molecule has 0 saturated heterocycles. The van der Waals surface area contributed by atoms with Gasteiger partial charge in [0.1, 0.15) is 0 Å². The van der Waals surface area contributed by atoms with Gasteiger partial charge in [-0.1, -0.05) is 6.07 Å². The predicted molar refractivity (Wildman–Crippen MR) is 57.3 cm³/mol. The summed E-state index contributed by atoms with van der Waals surface area (Å²) in [5, 5.41) is 18.0. The average Bonchev–Trinajstić information content (AvgIpc) is 2.30. The molecule has 0 aliphatic heterocycles. The van der Waals surface area contributed by atoms with Crippen LogP contribution in [0, 0.1) is 0 Å². The van der Waals surface area contributed by atoms with Crippen LogP contribution in [-0.4, -0.2) is 27.1 Å². The van der Waals surface area contributed by atoms with E-state index in [0.717, 1.165) is 11.1 Å². The lowest BCUT2D eigenvalue weighted by Gasteiger charge is -2.03. The van der Waals surface area contributed by atoms with Crippen molar-refractivity contribution >= 4 is 12.6 Å². The third kappa shape index (κ3) is 2.20. The van der Waals surface area contributed by atoms with E-state index in [1.807, 2.05) is 12.1 Å². The second kappa shape index (κ2) is 4.21. The highest BCUT2D eigenvalue weighted by Crippen LogP contribution is 2.15. The Labute approximate surface area is 87.4 Å². The summed E-state index contributed by atoms with van der Waals surface area (Å²) in [6.07, 6.45) is 6.45. The van der Waals surface area contributed by atoms with Crippen LogP contribution in [0.3, 0.4) is 0 Å². The zero-order valence-electron chi connectivity index (χ0n) is 7.91. The van der Waals surface area contributed by atoms with Crippen LogP contribution >= 0.6 is 0 Å². The molecule has 2 aromatic heterocycles. The van der Waals surface area contributed by atoms with Crippen LogP contribution in [0.1, 0.15) is 0 Å². The molecule has 0 bridgehead atoms. The summed E-state index contributed by atoms with van der Waals surface area (Å²) in [5.74, 6) is 0. The van der Waals surface area contributed by atoms with Crippen molar-refractivity contribution in [2.75, 3.05) is 0 Å². The number of rotatable bonds is 2. The van der Waals surface area contributed by atoms with Crippen molar-refractivity contribution < 1.29 is 10.0 Å². The van der Waals surface area contributed by atoms with Crippen LogP contribution in [0.15, 0.2) is 43.0 Å². The van der Waals surface area contributed by atoms with Gasteiger partial charge in [-0.05, 0) is 23.3 Å². The van der Waals surface area contributed by atoms with Gasteiger partial charge in [-0.2, -0.15) is 0 Å². The normalized spacial score (nSPS) is 10.0. The Morgan fingerprint density at radius 3 is 2.33 bits per heavy atom. The van der Waals surface area contributed by atoms with Gasteiger partial charge in [0.25, 0.3) is 0 Å². The molecule has 0 aliphatic carbocycles. The van der Waals surface area contributed by atoms with Gasteiger partial charge in [-0.15, -0.1) is 0 Å². The van der Waals surface area contributed by atoms with Crippen molar-refractivity contribution in [1.82, 2.24) is 9.97 Å². The van der Waals surface area contributed by atoms with E-state index in [9.17, 15) is 0 Å². The molecule has 74 valence electrons. The molecular formula is C10H9BN2O2. The Morgan fingerprint density at radius 1 is 0.933 bits per heavy atom. The van der Waals surface area contributed by atoms with E-state index in [0.29, 0.717) is 5.46 Å². The number of hydrogen-bond acceptors (Lipinski definition) is 4. The SMILES string of the molecule is OB(O)c1cncc(-c2ccncc2)c1. The van der Waals surface area contributed by atoms with E-state index >= 15 is 0 Å². The fourth-order valence-electron chi connectivity index (χ4n) is 1.30. The van der Waals surface area contributed by atoms with E-state index in [-0.39, 0.29) is 0 Å². The highest BCUT2D eigenvalue weighted by atomic mass is 16.4. The van der Waals surface area contributed by atoms with Crippen molar-refractivity contribution in [2.24, 2.45) is 0 Å². The fraction of sp³-hybridized carbons (Fsp3) is 0. The van der Waals surface area contributed by atoms with Crippen LogP contribution in [0.5, 0.6) is 0 Å². The molecule has 0 atom stereocenters. The van der Waals surface area contributed by atoms with Crippen LogP contribution < -0.4 is 5.46 Å². The average molecular weight is 200 g/mol. The topological polar surface area (TPSA) is 66.2 Å². The Hall–Kier alpha value is -1.72. The van der Waals surface area contributed by atoms with Crippen LogP contribution in [0.2, 0.25) is 0 Å². The maximum absolute atomic E-state index is 9.00. The third-order valence-corrected chi connectivity index (χ3v) is 2.07. The summed E-state index contributed by atoms with van der Waals surface area (Å²) in [5.41, 5.74) is 2.16. The maximum Gasteiger partial charge on any atom is 0.490 e. The summed E-state index contributed by atoms with van der Waals surface area (Å²) in [6.45, 7) is 0. The van der Waals surface area contributed by atoms with Gasteiger partial charge in [0.2, 0.25) is 0 Å². The summed E-state index contributed by atoms with van der Waals surface area (Å²) in [6, 6.07) is 5.36. The van der Waals surface area contributed by atoms with Gasteiger partial charge in [0, 0.05) is 30.3 Å². The highest BCUT2D eigenvalue weighted by Gasteiger charge is 2.11. The van der Waals surface area contributed by atoms with Crippen LogP contribution in [0.4, 0.5) is 0 Å².